The van der Waals surface area contributed by atoms with E-state index >= 15 is 0 Å². The van der Waals surface area contributed by atoms with Crippen LogP contribution < -0.4 is 5.73 Å². The second-order valence-electron chi connectivity index (χ2n) is 2.75. The van der Waals surface area contributed by atoms with Crippen LogP contribution in [0.5, 0.6) is 0 Å². The largest absolute Gasteiger partial charge is 0.372 e. The third kappa shape index (κ3) is 1.75. The molecule has 0 heterocycles. The molecule has 4 heteroatoms. The van der Waals surface area contributed by atoms with Gasteiger partial charge in [-0.25, -0.2) is 4.39 Å². The zero-order chi connectivity index (χ0) is 9.35. The molecule has 1 atom stereocenters. The summed E-state index contributed by atoms with van der Waals surface area (Å²) in [4.78, 5) is 0. The minimum Gasteiger partial charge on any atom is -0.372 e. The Hall–Kier alpha value is -0.640. The number of nitrogens with two attached hydrogens (primary N) is 1. The fourth-order valence-corrected chi connectivity index (χ4v) is 1.07. The Morgan fingerprint density at radius 1 is 1.58 bits per heavy atom. The third-order valence-electron chi connectivity index (χ3n) is 1.50. The number of hydrogen-bond acceptors (Lipinski definition) is 2. The van der Waals surface area contributed by atoms with Crippen LogP contribution >= 0.6 is 11.6 Å². The molecule has 0 aliphatic rings. The third-order valence-corrected chi connectivity index (χ3v) is 1.79. The Kier molecular flexibility index (Phi) is 2.37. The van der Waals surface area contributed by atoms with Gasteiger partial charge in [-0.2, -0.15) is 0 Å². The Morgan fingerprint density at radius 2 is 2.17 bits per heavy atom. The van der Waals surface area contributed by atoms with Crippen LogP contribution in [-0.2, 0) is 5.72 Å². The lowest BCUT2D eigenvalue weighted by molar-refractivity contribution is 0.0608. The quantitative estimate of drug-likeness (QED) is 0.660. The Morgan fingerprint density at radius 3 is 2.58 bits per heavy atom. The van der Waals surface area contributed by atoms with E-state index in [0.29, 0.717) is 0 Å². The second kappa shape index (κ2) is 3.01. The first-order chi connectivity index (χ1) is 5.43. The van der Waals surface area contributed by atoms with E-state index in [1.54, 1.807) is 0 Å². The zero-order valence-electron chi connectivity index (χ0n) is 6.51. The summed E-state index contributed by atoms with van der Waals surface area (Å²) in [5.41, 5.74) is 3.59. The van der Waals surface area contributed by atoms with E-state index in [9.17, 15) is 9.50 Å². The van der Waals surface area contributed by atoms with Crippen molar-refractivity contribution in [1.82, 2.24) is 0 Å². The molecule has 0 radical (unpaired) electrons. The molecule has 0 aromatic heterocycles. The first-order valence-electron chi connectivity index (χ1n) is 3.38. The maximum atomic E-state index is 13.1. The van der Waals surface area contributed by atoms with Crippen molar-refractivity contribution in [3.63, 3.8) is 0 Å². The predicted molar refractivity (Wildman–Crippen MR) is 45.2 cm³/mol. The van der Waals surface area contributed by atoms with Crippen molar-refractivity contribution >= 4 is 11.6 Å². The monoisotopic (exact) mass is 189 g/mol. The van der Waals surface area contributed by atoms with Crippen LogP contribution in [0.4, 0.5) is 4.39 Å². The first kappa shape index (κ1) is 9.45. The Labute approximate surface area is 74.8 Å². The molecule has 1 rings (SSSR count). The van der Waals surface area contributed by atoms with E-state index in [4.69, 9.17) is 17.3 Å². The maximum absolute atomic E-state index is 13.1. The van der Waals surface area contributed by atoms with Crippen LogP contribution in [0, 0.1) is 5.82 Å². The molecular weight excluding hydrogens is 181 g/mol. The molecule has 1 unspecified atom stereocenters. The van der Waals surface area contributed by atoms with Gasteiger partial charge < -0.3 is 5.11 Å². The van der Waals surface area contributed by atoms with Crippen LogP contribution in [0.3, 0.4) is 0 Å². The normalized spacial score (nSPS) is 15.8. The highest BCUT2D eigenvalue weighted by molar-refractivity contribution is 6.30. The molecule has 0 saturated heterocycles. The highest BCUT2D eigenvalue weighted by Gasteiger charge is 2.21. The molecule has 0 spiro atoms. The number of halogens is 2. The fraction of sp³-hybridized carbons (Fsp3) is 0.250. The highest BCUT2D eigenvalue weighted by Crippen LogP contribution is 2.23. The Bertz CT molecular complexity index is 296. The summed E-state index contributed by atoms with van der Waals surface area (Å²) < 4.78 is 13.1. The number of benzene rings is 1. The van der Waals surface area contributed by atoms with Gasteiger partial charge in [0.1, 0.15) is 11.5 Å². The molecular formula is C8H9ClFNO. The summed E-state index contributed by atoms with van der Waals surface area (Å²) in [5, 5.41) is 9.23. The molecule has 0 bridgehead atoms. The van der Waals surface area contributed by atoms with E-state index in [2.05, 4.69) is 0 Å². The van der Waals surface area contributed by atoms with Crippen molar-refractivity contribution in [3.05, 3.63) is 34.6 Å². The van der Waals surface area contributed by atoms with Gasteiger partial charge in [0.2, 0.25) is 0 Å². The van der Waals surface area contributed by atoms with Crippen molar-refractivity contribution in [1.29, 1.82) is 0 Å². The van der Waals surface area contributed by atoms with E-state index in [1.165, 1.54) is 25.1 Å². The van der Waals surface area contributed by atoms with E-state index in [1.807, 2.05) is 0 Å². The molecule has 0 aliphatic heterocycles. The summed E-state index contributed by atoms with van der Waals surface area (Å²) in [6.45, 7) is 1.29. The minimum absolute atomic E-state index is 0.00463. The van der Waals surface area contributed by atoms with Crippen molar-refractivity contribution in [2.45, 2.75) is 12.6 Å². The molecule has 0 saturated carbocycles. The van der Waals surface area contributed by atoms with E-state index < -0.39 is 11.5 Å². The Balaban J connectivity index is 3.26. The molecule has 1 aromatic rings. The lowest BCUT2D eigenvalue weighted by Crippen LogP contribution is -2.33. The van der Waals surface area contributed by atoms with Gasteiger partial charge in [-0.05, 0) is 13.0 Å². The molecule has 1 aromatic carbocycles. The lowest BCUT2D eigenvalue weighted by atomic mass is 10.1. The first-order valence-corrected chi connectivity index (χ1v) is 3.76. The van der Waals surface area contributed by atoms with Gasteiger partial charge in [-0.1, -0.05) is 23.7 Å². The smallest absolute Gasteiger partial charge is 0.149 e. The van der Waals surface area contributed by atoms with Crippen LogP contribution in [0.25, 0.3) is 0 Å². The average molecular weight is 190 g/mol. The molecule has 12 heavy (non-hydrogen) atoms. The van der Waals surface area contributed by atoms with Crippen molar-refractivity contribution < 1.29 is 9.50 Å². The van der Waals surface area contributed by atoms with Crippen molar-refractivity contribution in [2.75, 3.05) is 0 Å². The van der Waals surface area contributed by atoms with Gasteiger partial charge in [-0.15, -0.1) is 0 Å². The summed E-state index contributed by atoms with van der Waals surface area (Å²) >= 11 is 5.48. The standard InChI is InChI=1S/C8H9ClFNO/c1-8(11,12)5-3-2-4-6(9)7(5)10/h2-4,12H,11H2,1H3. The molecule has 0 amide bonds. The number of rotatable bonds is 1. The van der Waals surface area contributed by atoms with Crippen LogP contribution in [-0.4, -0.2) is 5.11 Å². The maximum Gasteiger partial charge on any atom is 0.149 e. The van der Waals surface area contributed by atoms with Gasteiger partial charge in [0.15, 0.2) is 0 Å². The summed E-state index contributed by atoms with van der Waals surface area (Å²) in [5.74, 6) is -0.674. The summed E-state index contributed by atoms with van der Waals surface area (Å²) in [6, 6.07) is 4.31. The number of aliphatic hydroxyl groups is 1. The van der Waals surface area contributed by atoms with Gasteiger partial charge in [0.25, 0.3) is 0 Å². The van der Waals surface area contributed by atoms with Gasteiger partial charge in [-0.3, -0.25) is 5.73 Å². The van der Waals surface area contributed by atoms with E-state index in [0.717, 1.165) is 0 Å². The van der Waals surface area contributed by atoms with Crippen LogP contribution in [0.2, 0.25) is 5.02 Å². The minimum atomic E-state index is -1.69. The SMILES string of the molecule is CC(N)(O)c1cccc(Cl)c1F. The highest BCUT2D eigenvalue weighted by atomic mass is 35.5. The molecule has 0 fully saturated rings. The number of hydrogen-bond donors (Lipinski definition) is 2. The van der Waals surface area contributed by atoms with Crippen LogP contribution in [0.1, 0.15) is 12.5 Å². The summed E-state index contributed by atoms with van der Waals surface area (Å²) in [7, 11) is 0. The predicted octanol–water partition coefficient (Wildman–Crippen LogP) is 1.60. The van der Waals surface area contributed by atoms with Crippen molar-refractivity contribution in [3.8, 4) is 0 Å². The van der Waals surface area contributed by atoms with Gasteiger partial charge >= 0.3 is 0 Å². The second-order valence-corrected chi connectivity index (χ2v) is 3.16. The topological polar surface area (TPSA) is 46.2 Å². The lowest BCUT2D eigenvalue weighted by Gasteiger charge is -2.18. The zero-order valence-corrected chi connectivity index (χ0v) is 7.27. The van der Waals surface area contributed by atoms with Gasteiger partial charge in [0.05, 0.1) is 5.02 Å². The van der Waals surface area contributed by atoms with Crippen LogP contribution in [0.15, 0.2) is 18.2 Å². The molecule has 2 nitrogen and oxygen atoms in total. The fourth-order valence-electron chi connectivity index (χ4n) is 0.895. The average Bonchev–Trinajstić information content (AvgIpc) is 1.92. The molecule has 0 aliphatic carbocycles. The van der Waals surface area contributed by atoms with Gasteiger partial charge in [0, 0.05) is 5.56 Å². The molecule has 3 N–H and O–H groups in total. The van der Waals surface area contributed by atoms with Crippen molar-refractivity contribution in [2.24, 2.45) is 5.73 Å². The molecule has 66 valence electrons. The summed E-state index contributed by atoms with van der Waals surface area (Å²) in [6.07, 6.45) is 0. The van der Waals surface area contributed by atoms with E-state index in [-0.39, 0.29) is 10.6 Å².